The van der Waals surface area contributed by atoms with E-state index in [0.717, 1.165) is 5.56 Å². The SMILES string of the molecule is Cc1ccc(F)c(Oc2nccnc2C#N)c1. The minimum Gasteiger partial charge on any atom is -0.433 e. The Kier molecular flexibility index (Phi) is 2.97. The summed E-state index contributed by atoms with van der Waals surface area (Å²) in [6.45, 7) is 1.81. The lowest BCUT2D eigenvalue weighted by atomic mass is 10.2. The zero-order valence-corrected chi connectivity index (χ0v) is 9.01. The Morgan fingerprint density at radius 3 is 2.82 bits per heavy atom. The van der Waals surface area contributed by atoms with Crippen molar-refractivity contribution in [3.05, 3.63) is 47.7 Å². The van der Waals surface area contributed by atoms with E-state index in [-0.39, 0.29) is 17.3 Å². The Bertz CT molecular complexity index is 593. The van der Waals surface area contributed by atoms with Gasteiger partial charge in [-0.1, -0.05) is 6.07 Å². The summed E-state index contributed by atoms with van der Waals surface area (Å²) in [5, 5.41) is 8.79. The van der Waals surface area contributed by atoms with Gasteiger partial charge in [0.15, 0.2) is 11.6 Å². The number of nitriles is 1. The molecule has 0 saturated carbocycles. The van der Waals surface area contributed by atoms with Crippen molar-refractivity contribution in [1.82, 2.24) is 9.97 Å². The molecular formula is C12H8FN3O. The van der Waals surface area contributed by atoms with Crippen molar-refractivity contribution in [3.8, 4) is 17.7 Å². The summed E-state index contributed by atoms with van der Waals surface area (Å²) in [5.74, 6) is -0.480. The molecule has 2 aromatic rings. The molecule has 0 aliphatic heterocycles. The molecule has 0 aliphatic rings. The number of rotatable bonds is 2. The van der Waals surface area contributed by atoms with E-state index in [4.69, 9.17) is 10.00 Å². The van der Waals surface area contributed by atoms with Crippen LogP contribution in [0.1, 0.15) is 11.3 Å². The molecule has 0 fully saturated rings. The molecular weight excluding hydrogens is 221 g/mol. The molecule has 4 nitrogen and oxygen atoms in total. The molecule has 2 rings (SSSR count). The molecule has 0 unspecified atom stereocenters. The van der Waals surface area contributed by atoms with Crippen molar-refractivity contribution >= 4 is 0 Å². The standard InChI is InChI=1S/C12H8FN3O/c1-8-2-3-9(13)11(6-8)17-12-10(7-14)15-4-5-16-12/h2-6H,1H3. The van der Waals surface area contributed by atoms with E-state index in [1.54, 1.807) is 6.07 Å². The number of hydrogen-bond acceptors (Lipinski definition) is 4. The first kappa shape index (κ1) is 11.0. The summed E-state index contributed by atoms with van der Waals surface area (Å²) in [5.41, 5.74) is 0.872. The van der Waals surface area contributed by atoms with Gasteiger partial charge in [-0.15, -0.1) is 0 Å². The van der Waals surface area contributed by atoms with E-state index in [9.17, 15) is 4.39 Å². The minimum atomic E-state index is -0.509. The molecule has 5 heteroatoms. The molecule has 1 heterocycles. The van der Waals surface area contributed by atoms with Crippen molar-refractivity contribution in [2.24, 2.45) is 0 Å². The van der Waals surface area contributed by atoms with Gasteiger partial charge in [0.25, 0.3) is 5.88 Å². The summed E-state index contributed by atoms with van der Waals surface area (Å²) in [4.78, 5) is 7.62. The maximum atomic E-state index is 13.4. The Hall–Kier alpha value is -2.48. The van der Waals surface area contributed by atoms with Gasteiger partial charge in [0.05, 0.1) is 0 Å². The van der Waals surface area contributed by atoms with Crippen LogP contribution in [-0.2, 0) is 0 Å². The molecule has 1 aromatic heterocycles. The van der Waals surface area contributed by atoms with Crippen molar-refractivity contribution in [2.75, 3.05) is 0 Å². The second-order valence-electron chi connectivity index (χ2n) is 3.36. The van der Waals surface area contributed by atoms with Crippen molar-refractivity contribution < 1.29 is 9.13 Å². The van der Waals surface area contributed by atoms with Gasteiger partial charge in [-0.05, 0) is 24.6 Å². The van der Waals surface area contributed by atoms with Crippen molar-refractivity contribution in [1.29, 1.82) is 5.26 Å². The van der Waals surface area contributed by atoms with E-state index in [0.29, 0.717) is 0 Å². The Morgan fingerprint density at radius 2 is 2.06 bits per heavy atom. The lowest BCUT2D eigenvalue weighted by Gasteiger charge is -2.06. The minimum absolute atomic E-state index is 0.000463. The normalized spacial score (nSPS) is 9.71. The van der Waals surface area contributed by atoms with Crippen LogP contribution >= 0.6 is 0 Å². The highest BCUT2D eigenvalue weighted by atomic mass is 19.1. The average molecular weight is 229 g/mol. The average Bonchev–Trinajstić information content (AvgIpc) is 2.34. The summed E-state index contributed by atoms with van der Waals surface area (Å²) < 4.78 is 18.7. The number of ether oxygens (including phenoxy) is 1. The van der Waals surface area contributed by atoms with Crippen LogP contribution in [0.4, 0.5) is 4.39 Å². The van der Waals surface area contributed by atoms with Gasteiger partial charge in [0.2, 0.25) is 5.69 Å². The monoisotopic (exact) mass is 229 g/mol. The Labute approximate surface area is 97.3 Å². The summed E-state index contributed by atoms with van der Waals surface area (Å²) in [6, 6.07) is 6.29. The number of aryl methyl sites for hydroxylation is 1. The zero-order valence-electron chi connectivity index (χ0n) is 9.01. The molecule has 84 valence electrons. The number of benzene rings is 1. The molecule has 0 N–H and O–H groups in total. The maximum absolute atomic E-state index is 13.4. The smallest absolute Gasteiger partial charge is 0.256 e. The molecule has 0 bridgehead atoms. The molecule has 0 amide bonds. The fourth-order valence-electron chi connectivity index (χ4n) is 1.27. The number of halogens is 1. The fourth-order valence-corrected chi connectivity index (χ4v) is 1.27. The highest BCUT2D eigenvalue weighted by Gasteiger charge is 2.10. The summed E-state index contributed by atoms with van der Waals surface area (Å²) in [6.07, 6.45) is 2.75. The van der Waals surface area contributed by atoms with Gasteiger partial charge in [-0.3, -0.25) is 0 Å². The Balaban J connectivity index is 2.38. The number of nitrogens with zero attached hydrogens (tertiary/aromatic N) is 3. The second kappa shape index (κ2) is 4.58. The molecule has 1 aromatic carbocycles. The highest BCUT2D eigenvalue weighted by molar-refractivity contribution is 5.37. The molecule has 0 aliphatic carbocycles. The maximum Gasteiger partial charge on any atom is 0.256 e. The van der Waals surface area contributed by atoms with Crippen LogP contribution in [0.5, 0.6) is 11.6 Å². The van der Waals surface area contributed by atoms with Crippen molar-refractivity contribution in [3.63, 3.8) is 0 Å². The first-order chi connectivity index (χ1) is 8.20. The van der Waals surface area contributed by atoms with Gasteiger partial charge in [-0.2, -0.15) is 5.26 Å². The van der Waals surface area contributed by atoms with Crippen LogP contribution in [0.3, 0.4) is 0 Å². The van der Waals surface area contributed by atoms with Crippen LogP contribution in [0.2, 0.25) is 0 Å². The van der Waals surface area contributed by atoms with E-state index < -0.39 is 5.82 Å². The van der Waals surface area contributed by atoms with Crippen molar-refractivity contribution in [2.45, 2.75) is 6.92 Å². The quantitative estimate of drug-likeness (QED) is 0.794. The van der Waals surface area contributed by atoms with Crippen LogP contribution < -0.4 is 4.74 Å². The predicted molar refractivity (Wildman–Crippen MR) is 58.0 cm³/mol. The number of aromatic nitrogens is 2. The molecule has 0 saturated heterocycles. The topological polar surface area (TPSA) is 58.8 Å². The third kappa shape index (κ3) is 2.37. The van der Waals surface area contributed by atoms with E-state index in [1.807, 2.05) is 13.0 Å². The highest BCUT2D eigenvalue weighted by Crippen LogP contribution is 2.25. The predicted octanol–water partition coefficient (Wildman–Crippen LogP) is 2.59. The van der Waals surface area contributed by atoms with Crippen LogP contribution in [0.15, 0.2) is 30.6 Å². The van der Waals surface area contributed by atoms with Gasteiger partial charge < -0.3 is 4.74 Å². The van der Waals surface area contributed by atoms with E-state index >= 15 is 0 Å². The van der Waals surface area contributed by atoms with E-state index in [2.05, 4.69) is 9.97 Å². The summed E-state index contributed by atoms with van der Waals surface area (Å²) >= 11 is 0. The van der Waals surface area contributed by atoms with Gasteiger partial charge in [-0.25, -0.2) is 14.4 Å². The first-order valence-electron chi connectivity index (χ1n) is 4.86. The third-order valence-electron chi connectivity index (χ3n) is 2.06. The fraction of sp³-hybridized carbons (Fsp3) is 0.0833. The Morgan fingerprint density at radius 1 is 1.29 bits per heavy atom. The van der Waals surface area contributed by atoms with E-state index in [1.165, 1.54) is 24.5 Å². The molecule has 0 radical (unpaired) electrons. The van der Waals surface area contributed by atoms with Gasteiger partial charge in [0.1, 0.15) is 6.07 Å². The number of hydrogen-bond donors (Lipinski definition) is 0. The zero-order chi connectivity index (χ0) is 12.3. The summed E-state index contributed by atoms with van der Waals surface area (Å²) in [7, 11) is 0. The third-order valence-corrected chi connectivity index (χ3v) is 2.06. The van der Waals surface area contributed by atoms with Crippen LogP contribution in [0, 0.1) is 24.1 Å². The molecule has 17 heavy (non-hydrogen) atoms. The molecule has 0 atom stereocenters. The van der Waals surface area contributed by atoms with Crippen LogP contribution in [0.25, 0.3) is 0 Å². The van der Waals surface area contributed by atoms with Crippen LogP contribution in [-0.4, -0.2) is 9.97 Å². The lowest BCUT2D eigenvalue weighted by Crippen LogP contribution is -1.96. The van der Waals surface area contributed by atoms with Gasteiger partial charge in [0, 0.05) is 12.4 Å². The molecule has 0 spiro atoms. The largest absolute Gasteiger partial charge is 0.433 e. The lowest BCUT2D eigenvalue weighted by molar-refractivity contribution is 0.423. The first-order valence-corrected chi connectivity index (χ1v) is 4.86. The van der Waals surface area contributed by atoms with Gasteiger partial charge >= 0.3 is 0 Å². The second-order valence-corrected chi connectivity index (χ2v) is 3.36.